The molecule has 13 heavy (non-hydrogen) atoms. The van der Waals surface area contributed by atoms with E-state index in [1.54, 1.807) is 4.31 Å². The summed E-state index contributed by atoms with van der Waals surface area (Å²) >= 11 is 0. The number of rotatable bonds is 3. The Kier molecular flexibility index (Phi) is 3.14. The fraction of sp³-hybridized carbons (Fsp3) is 0.778. The van der Waals surface area contributed by atoms with Crippen molar-refractivity contribution in [1.82, 2.24) is 4.31 Å². The molecule has 1 fully saturated rings. The van der Waals surface area contributed by atoms with Gasteiger partial charge >= 0.3 is 0 Å². The van der Waals surface area contributed by atoms with Crippen molar-refractivity contribution in [2.75, 3.05) is 6.54 Å². The second-order valence-corrected chi connectivity index (χ2v) is 5.61. The average Bonchev–Trinajstić information content (AvgIpc) is 2.52. The molecule has 0 aromatic rings. The van der Waals surface area contributed by atoms with Crippen molar-refractivity contribution in [3.8, 4) is 0 Å². The molecule has 0 spiro atoms. The van der Waals surface area contributed by atoms with E-state index in [1.807, 2.05) is 0 Å². The van der Waals surface area contributed by atoms with Crippen LogP contribution >= 0.6 is 0 Å². The van der Waals surface area contributed by atoms with Gasteiger partial charge in [-0.3, -0.25) is 0 Å². The monoisotopic (exact) mass is 203 g/mol. The Morgan fingerprint density at radius 1 is 1.54 bits per heavy atom. The minimum Gasteiger partial charge on any atom is -0.208 e. The molecule has 1 aliphatic rings. The van der Waals surface area contributed by atoms with Crippen molar-refractivity contribution in [1.29, 1.82) is 0 Å². The second kappa shape index (κ2) is 3.80. The van der Waals surface area contributed by atoms with Crippen LogP contribution in [0.2, 0.25) is 0 Å². The lowest BCUT2D eigenvalue weighted by Crippen LogP contribution is -2.37. The number of hydrogen-bond acceptors (Lipinski definition) is 2. The molecule has 0 aliphatic carbocycles. The summed E-state index contributed by atoms with van der Waals surface area (Å²) in [5.74, 6) is 0.386. The van der Waals surface area contributed by atoms with E-state index in [2.05, 4.69) is 20.4 Å². The van der Waals surface area contributed by atoms with Crippen LogP contribution in [-0.4, -0.2) is 25.3 Å². The summed E-state index contributed by atoms with van der Waals surface area (Å²) in [5.41, 5.74) is 0. The third-order valence-electron chi connectivity index (χ3n) is 2.56. The zero-order valence-corrected chi connectivity index (χ0v) is 9.05. The van der Waals surface area contributed by atoms with Crippen LogP contribution in [0.15, 0.2) is 12.0 Å². The maximum atomic E-state index is 11.5. The van der Waals surface area contributed by atoms with Gasteiger partial charge in [0.2, 0.25) is 10.0 Å². The topological polar surface area (TPSA) is 37.4 Å². The van der Waals surface area contributed by atoms with Crippen LogP contribution in [0.25, 0.3) is 0 Å². The summed E-state index contributed by atoms with van der Waals surface area (Å²) in [4.78, 5) is 0. The van der Waals surface area contributed by atoms with Crippen LogP contribution in [0.4, 0.5) is 0 Å². The van der Waals surface area contributed by atoms with E-state index in [9.17, 15) is 8.42 Å². The van der Waals surface area contributed by atoms with Crippen LogP contribution in [-0.2, 0) is 10.0 Å². The summed E-state index contributed by atoms with van der Waals surface area (Å²) < 4.78 is 24.6. The number of nitrogens with zero attached hydrogens (tertiary/aromatic N) is 1. The van der Waals surface area contributed by atoms with Crippen molar-refractivity contribution < 1.29 is 8.42 Å². The molecule has 4 heteroatoms. The molecule has 3 nitrogen and oxygen atoms in total. The first-order valence-electron chi connectivity index (χ1n) is 4.63. The number of sulfonamides is 1. The van der Waals surface area contributed by atoms with E-state index >= 15 is 0 Å². The highest BCUT2D eigenvalue weighted by molar-refractivity contribution is 7.92. The van der Waals surface area contributed by atoms with E-state index in [1.165, 1.54) is 0 Å². The molecule has 1 saturated heterocycles. The van der Waals surface area contributed by atoms with Crippen LogP contribution in [0.1, 0.15) is 26.7 Å². The third-order valence-corrected chi connectivity index (χ3v) is 4.08. The molecule has 0 bridgehead atoms. The Morgan fingerprint density at radius 2 is 2.15 bits per heavy atom. The second-order valence-electron chi connectivity index (χ2n) is 3.78. The molecule has 0 amide bonds. The molecule has 0 saturated carbocycles. The first kappa shape index (κ1) is 10.7. The zero-order valence-electron chi connectivity index (χ0n) is 8.23. The van der Waals surface area contributed by atoms with Crippen LogP contribution < -0.4 is 0 Å². The van der Waals surface area contributed by atoms with Gasteiger partial charge in [0.05, 0.1) is 0 Å². The molecule has 0 radical (unpaired) electrons. The van der Waals surface area contributed by atoms with Crippen molar-refractivity contribution in [2.45, 2.75) is 32.7 Å². The zero-order chi connectivity index (χ0) is 10.1. The van der Waals surface area contributed by atoms with Crippen LogP contribution in [0.5, 0.6) is 0 Å². The summed E-state index contributed by atoms with van der Waals surface area (Å²) in [6.07, 6.45) is 1.95. The molecule has 76 valence electrons. The Morgan fingerprint density at radius 3 is 2.62 bits per heavy atom. The average molecular weight is 203 g/mol. The van der Waals surface area contributed by atoms with Crippen LogP contribution in [0.3, 0.4) is 0 Å². The largest absolute Gasteiger partial charge is 0.235 e. The van der Waals surface area contributed by atoms with Gasteiger partial charge in [0.25, 0.3) is 0 Å². The van der Waals surface area contributed by atoms with E-state index in [4.69, 9.17) is 0 Å². The predicted molar refractivity (Wildman–Crippen MR) is 53.7 cm³/mol. The normalized spacial score (nSPS) is 25.3. The van der Waals surface area contributed by atoms with E-state index in [-0.39, 0.29) is 6.04 Å². The smallest absolute Gasteiger partial charge is 0.208 e. The maximum Gasteiger partial charge on any atom is 0.235 e. The minimum absolute atomic E-state index is 0.169. The van der Waals surface area contributed by atoms with Crippen molar-refractivity contribution in [3.63, 3.8) is 0 Å². The van der Waals surface area contributed by atoms with Crippen LogP contribution in [0, 0.1) is 5.92 Å². The fourth-order valence-corrected chi connectivity index (χ4v) is 3.14. The summed E-state index contributed by atoms with van der Waals surface area (Å²) in [7, 11) is -3.19. The SMILES string of the molecule is C=CS(=O)(=O)N1CCCC1C(C)C. The molecule has 0 N–H and O–H groups in total. The molecule has 1 atom stereocenters. The highest BCUT2D eigenvalue weighted by Gasteiger charge is 2.33. The molecule has 1 aliphatic heterocycles. The van der Waals surface area contributed by atoms with E-state index in [0.717, 1.165) is 18.2 Å². The summed E-state index contributed by atoms with van der Waals surface area (Å²) in [6, 6.07) is 0.169. The lowest BCUT2D eigenvalue weighted by atomic mass is 10.0. The highest BCUT2D eigenvalue weighted by Crippen LogP contribution is 2.26. The van der Waals surface area contributed by atoms with Gasteiger partial charge in [0.1, 0.15) is 0 Å². The first-order valence-corrected chi connectivity index (χ1v) is 6.13. The predicted octanol–water partition coefficient (Wildman–Crippen LogP) is 1.58. The standard InChI is InChI=1S/C9H17NO2S/c1-4-13(11,12)10-7-5-6-9(10)8(2)3/h4,8-9H,1,5-7H2,2-3H3. The summed E-state index contributed by atoms with van der Waals surface area (Å²) in [6.45, 7) is 8.11. The molecule has 0 aromatic heterocycles. The highest BCUT2D eigenvalue weighted by atomic mass is 32.2. The van der Waals surface area contributed by atoms with Gasteiger partial charge < -0.3 is 0 Å². The van der Waals surface area contributed by atoms with Gasteiger partial charge in [-0.05, 0) is 18.8 Å². The van der Waals surface area contributed by atoms with Crippen molar-refractivity contribution in [2.24, 2.45) is 5.92 Å². The Hall–Kier alpha value is -0.350. The molecule has 0 aromatic carbocycles. The third kappa shape index (κ3) is 2.11. The first-order chi connectivity index (χ1) is 5.99. The van der Waals surface area contributed by atoms with Gasteiger partial charge in [0.15, 0.2) is 0 Å². The van der Waals surface area contributed by atoms with Gasteiger partial charge in [0, 0.05) is 18.0 Å². The van der Waals surface area contributed by atoms with Gasteiger partial charge in [-0.1, -0.05) is 20.4 Å². The molecule has 1 unspecified atom stereocenters. The Bertz CT molecular complexity index is 282. The van der Waals surface area contributed by atoms with Gasteiger partial charge in [-0.15, -0.1) is 0 Å². The Balaban J connectivity index is 2.86. The molecule has 1 rings (SSSR count). The van der Waals surface area contributed by atoms with Gasteiger partial charge in [-0.2, -0.15) is 4.31 Å². The number of hydrogen-bond donors (Lipinski definition) is 0. The quantitative estimate of drug-likeness (QED) is 0.698. The molecular formula is C9H17NO2S. The minimum atomic E-state index is -3.19. The summed E-state index contributed by atoms with van der Waals surface area (Å²) in [5, 5.41) is 1.05. The molecular weight excluding hydrogens is 186 g/mol. The van der Waals surface area contributed by atoms with E-state index < -0.39 is 10.0 Å². The van der Waals surface area contributed by atoms with Gasteiger partial charge in [-0.25, -0.2) is 8.42 Å². The lowest BCUT2D eigenvalue weighted by Gasteiger charge is -2.25. The maximum absolute atomic E-state index is 11.5. The Labute approximate surface area is 80.5 Å². The molecule has 1 heterocycles. The van der Waals surface area contributed by atoms with Crippen molar-refractivity contribution >= 4 is 10.0 Å². The fourth-order valence-electron chi connectivity index (χ4n) is 1.84. The van der Waals surface area contributed by atoms with E-state index in [0.29, 0.717) is 12.5 Å². The lowest BCUT2D eigenvalue weighted by molar-refractivity contribution is 0.319. The van der Waals surface area contributed by atoms with Crippen molar-refractivity contribution in [3.05, 3.63) is 12.0 Å².